The van der Waals surface area contributed by atoms with Crippen LogP contribution in [0.4, 0.5) is 0 Å². The van der Waals surface area contributed by atoms with Crippen LogP contribution in [0, 0.1) is 5.92 Å². The van der Waals surface area contributed by atoms with Crippen molar-refractivity contribution in [1.82, 2.24) is 20.0 Å². The predicted octanol–water partition coefficient (Wildman–Crippen LogP) is 0.552. The van der Waals surface area contributed by atoms with Crippen LogP contribution >= 0.6 is 0 Å². The SMILES string of the molecule is CC(C)C(CNC1CCN(C)C1)N1CCN(C)CC1. The topological polar surface area (TPSA) is 21.8 Å². The number of piperazine rings is 1. The van der Waals surface area contributed by atoms with E-state index >= 15 is 0 Å². The van der Waals surface area contributed by atoms with Crippen LogP contribution < -0.4 is 5.32 Å². The van der Waals surface area contributed by atoms with Crippen molar-refractivity contribution in [2.45, 2.75) is 32.4 Å². The lowest BCUT2D eigenvalue weighted by molar-refractivity contribution is 0.0862. The predicted molar refractivity (Wildman–Crippen MR) is 81.6 cm³/mol. The Morgan fingerprint density at radius 3 is 2.21 bits per heavy atom. The molecule has 2 atom stereocenters. The average Bonchev–Trinajstić information content (AvgIpc) is 2.77. The Balaban J connectivity index is 1.79. The van der Waals surface area contributed by atoms with Gasteiger partial charge < -0.3 is 15.1 Å². The molecule has 0 amide bonds. The summed E-state index contributed by atoms with van der Waals surface area (Å²) in [5, 5.41) is 3.81. The smallest absolute Gasteiger partial charge is 0.0244 e. The van der Waals surface area contributed by atoms with Gasteiger partial charge >= 0.3 is 0 Å². The second-order valence-corrected chi connectivity index (χ2v) is 6.81. The zero-order valence-electron chi connectivity index (χ0n) is 13.2. The van der Waals surface area contributed by atoms with Crippen molar-refractivity contribution < 1.29 is 0 Å². The summed E-state index contributed by atoms with van der Waals surface area (Å²) in [5.41, 5.74) is 0. The number of hydrogen-bond donors (Lipinski definition) is 1. The molecular formula is C15H32N4. The summed E-state index contributed by atoms with van der Waals surface area (Å²) < 4.78 is 0. The minimum Gasteiger partial charge on any atom is -0.311 e. The van der Waals surface area contributed by atoms with Gasteiger partial charge in [-0.2, -0.15) is 0 Å². The monoisotopic (exact) mass is 268 g/mol. The Morgan fingerprint density at radius 2 is 1.68 bits per heavy atom. The maximum atomic E-state index is 3.81. The summed E-state index contributed by atoms with van der Waals surface area (Å²) in [6.07, 6.45) is 1.31. The van der Waals surface area contributed by atoms with Crippen LogP contribution in [0.1, 0.15) is 20.3 Å². The molecule has 2 saturated heterocycles. The van der Waals surface area contributed by atoms with Gasteiger partial charge in [0.1, 0.15) is 0 Å². The van der Waals surface area contributed by atoms with Gasteiger partial charge in [0.05, 0.1) is 0 Å². The summed E-state index contributed by atoms with van der Waals surface area (Å²) in [6.45, 7) is 13.2. The fourth-order valence-corrected chi connectivity index (χ4v) is 3.33. The average molecular weight is 268 g/mol. The van der Waals surface area contributed by atoms with Gasteiger partial charge in [0, 0.05) is 51.4 Å². The minimum atomic E-state index is 0.694. The third-order valence-corrected chi connectivity index (χ3v) is 4.78. The quantitative estimate of drug-likeness (QED) is 0.786. The molecular weight excluding hydrogens is 236 g/mol. The van der Waals surface area contributed by atoms with Gasteiger partial charge in [-0.1, -0.05) is 13.8 Å². The molecule has 0 bridgehead atoms. The molecule has 0 aliphatic carbocycles. The zero-order valence-corrected chi connectivity index (χ0v) is 13.2. The first-order valence-corrected chi connectivity index (χ1v) is 7.90. The van der Waals surface area contributed by atoms with E-state index in [-0.39, 0.29) is 0 Å². The number of rotatable bonds is 5. The Morgan fingerprint density at radius 1 is 1.00 bits per heavy atom. The van der Waals surface area contributed by atoms with Gasteiger partial charge in [0.15, 0.2) is 0 Å². The van der Waals surface area contributed by atoms with Gasteiger partial charge in [-0.3, -0.25) is 4.90 Å². The third-order valence-electron chi connectivity index (χ3n) is 4.78. The maximum Gasteiger partial charge on any atom is 0.0244 e. The van der Waals surface area contributed by atoms with Crippen molar-refractivity contribution in [2.24, 2.45) is 5.92 Å². The second kappa shape index (κ2) is 7.02. The molecule has 0 saturated carbocycles. The number of hydrogen-bond acceptors (Lipinski definition) is 4. The molecule has 4 heteroatoms. The fraction of sp³-hybridized carbons (Fsp3) is 1.00. The molecule has 19 heavy (non-hydrogen) atoms. The number of nitrogens with zero attached hydrogens (tertiary/aromatic N) is 3. The maximum absolute atomic E-state index is 3.81. The van der Waals surface area contributed by atoms with Crippen LogP contribution in [-0.4, -0.2) is 86.7 Å². The van der Waals surface area contributed by atoms with E-state index in [0.717, 1.165) is 12.5 Å². The Kier molecular flexibility index (Phi) is 5.63. The number of nitrogens with one attached hydrogen (secondary N) is 1. The van der Waals surface area contributed by atoms with E-state index in [1.807, 2.05) is 0 Å². The molecule has 2 unspecified atom stereocenters. The van der Waals surface area contributed by atoms with Crippen LogP contribution in [0.2, 0.25) is 0 Å². The highest BCUT2D eigenvalue weighted by Crippen LogP contribution is 2.14. The van der Waals surface area contributed by atoms with E-state index in [2.05, 4.69) is 48.0 Å². The molecule has 0 aromatic heterocycles. The zero-order chi connectivity index (χ0) is 13.8. The molecule has 0 spiro atoms. The molecule has 2 fully saturated rings. The summed E-state index contributed by atoms with van der Waals surface area (Å²) >= 11 is 0. The van der Waals surface area contributed by atoms with Gasteiger partial charge in [-0.05, 0) is 33.0 Å². The summed E-state index contributed by atoms with van der Waals surface area (Å²) in [6, 6.07) is 1.40. The molecule has 1 N–H and O–H groups in total. The van der Waals surface area contributed by atoms with Gasteiger partial charge in [0.25, 0.3) is 0 Å². The molecule has 2 rings (SSSR count). The first kappa shape index (κ1) is 15.2. The lowest BCUT2D eigenvalue weighted by Gasteiger charge is -2.40. The van der Waals surface area contributed by atoms with Crippen molar-refractivity contribution in [1.29, 1.82) is 0 Å². The minimum absolute atomic E-state index is 0.694. The van der Waals surface area contributed by atoms with Crippen molar-refractivity contribution in [3.05, 3.63) is 0 Å². The summed E-state index contributed by atoms with van der Waals surface area (Å²) in [4.78, 5) is 7.56. The number of likely N-dealkylation sites (N-methyl/N-ethyl adjacent to an activating group) is 2. The van der Waals surface area contributed by atoms with E-state index in [1.165, 1.54) is 45.7 Å². The van der Waals surface area contributed by atoms with Crippen molar-refractivity contribution >= 4 is 0 Å². The van der Waals surface area contributed by atoms with E-state index < -0.39 is 0 Å². The molecule has 2 aliphatic heterocycles. The van der Waals surface area contributed by atoms with Crippen LogP contribution in [0.5, 0.6) is 0 Å². The Hall–Kier alpha value is -0.160. The lowest BCUT2D eigenvalue weighted by Crippen LogP contribution is -2.54. The van der Waals surface area contributed by atoms with Crippen LogP contribution in [0.3, 0.4) is 0 Å². The molecule has 2 aliphatic rings. The van der Waals surface area contributed by atoms with Crippen LogP contribution in [-0.2, 0) is 0 Å². The highest BCUT2D eigenvalue weighted by atomic mass is 15.3. The highest BCUT2D eigenvalue weighted by Gasteiger charge is 2.26. The summed E-state index contributed by atoms with van der Waals surface area (Å²) in [7, 11) is 4.45. The first-order valence-electron chi connectivity index (χ1n) is 7.90. The molecule has 112 valence electrons. The fourth-order valence-electron chi connectivity index (χ4n) is 3.33. The Bertz CT molecular complexity index is 261. The molecule has 0 radical (unpaired) electrons. The van der Waals surface area contributed by atoms with Crippen LogP contribution in [0.25, 0.3) is 0 Å². The summed E-state index contributed by atoms with van der Waals surface area (Å²) in [5.74, 6) is 0.732. The Labute approximate surface area is 119 Å². The number of likely N-dealkylation sites (tertiary alicyclic amines) is 1. The standard InChI is InChI=1S/C15H32N4/c1-13(2)15(19-9-7-17(3)8-10-19)11-16-14-5-6-18(4)12-14/h13-16H,5-12H2,1-4H3. The van der Waals surface area contributed by atoms with Gasteiger partial charge in [-0.15, -0.1) is 0 Å². The highest BCUT2D eigenvalue weighted by molar-refractivity contribution is 4.85. The molecule has 0 aromatic carbocycles. The van der Waals surface area contributed by atoms with Crippen LogP contribution in [0.15, 0.2) is 0 Å². The third kappa shape index (κ3) is 4.42. The molecule has 2 heterocycles. The normalized spacial score (nSPS) is 29.2. The van der Waals surface area contributed by atoms with Crippen molar-refractivity contribution in [3.63, 3.8) is 0 Å². The van der Waals surface area contributed by atoms with E-state index in [9.17, 15) is 0 Å². The first-order chi connectivity index (χ1) is 9.06. The van der Waals surface area contributed by atoms with Crippen molar-refractivity contribution in [3.8, 4) is 0 Å². The lowest BCUT2D eigenvalue weighted by atomic mass is 10.0. The largest absolute Gasteiger partial charge is 0.311 e. The van der Waals surface area contributed by atoms with E-state index in [1.54, 1.807) is 0 Å². The van der Waals surface area contributed by atoms with Crippen molar-refractivity contribution in [2.75, 3.05) is 59.9 Å². The molecule has 4 nitrogen and oxygen atoms in total. The van der Waals surface area contributed by atoms with Gasteiger partial charge in [-0.25, -0.2) is 0 Å². The van der Waals surface area contributed by atoms with Gasteiger partial charge in [0.2, 0.25) is 0 Å². The van der Waals surface area contributed by atoms with E-state index in [0.29, 0.717) is 12.1 Å². The van der Waals surface area contributed by atoms with E-state index in [4.69, 9.17) is 0 Å². The second-order valence-electron chi connectivity index (χ2n) is 6.81. The molecule has 0 aromatic rings.